The normalized spacial score (nSPS) is 17.4. The van der Waals surface area contributed by atoms with Gasteiger partial charge in [0, 0.05) is 0 Å². The molecule has 158 valence electrons. The minimum Gasteiger partial charge on any atom is -0.480 e. The summed E-state index contributed by atoms with van der Waals surface area (Å²) in [5.41, 5.74) is 11.5. The summed E-state index contributed by atoms with van der Waals surface area (Å²) in [5.74, 6) is -2.59. The van der Waals surface area contributed by atoms with Crippen LogP contribution in [-0.2, 0) is 20.8 Å². The van der Waals surface area contributed by atoms with Gasteiger partial charge in [-0.3, -0.25) is 14.4 Å². The van der Waals surface area contributed by atoms with Crippen LogP contribution in [0.5, 0.6) is 0 Å². The Bertz CT molecular complexity index is 591. The molecule has 0 bridgehead atoms. The second-order valence-corrected chi connectivity index (χ2v) is 6.73. The molecule has 1 saturated heterocycles. The lowest BCUT2D eigenvalue weighted by atomic mass is 10.1. The summed E-state index contributed by atoms with van der Waals surface area (Å²) >= 11 is 0. The summed E-state index contributed by atoms with van der Waals surface area (Å²) < 4.78 is 0. The third-order valence-corrected chi connectivity index (χ3v) is 3.98. The Morgan fingerprint density at radius 3 is 1.93 bits per heavy atom. The summed E-state index contributed by atoms with van der Waals surface area (Å²) in [7, 11) is 0. The van der Waals surface area contributed by atoms with Crippen LogP contribution in [-0.4, -0.2) is 57.9 Å². The van der Waals surface area contributed by atoms with Crippen LogP contribution in [0.15, 0.2) is 30.3 Å². The van der Waals surface area contributed by atoms with E-state index in [-0.39, 0.29) is 12.0 Å². The molecule has 0 aromatic heterocycles. The standard InChI is InChI=1S/C9H11NO2.C5H9NO2.C5H11NO2/c10-8(9(11)12)6-7-4-2-1-3-5-7;7-5(8)4-2-1-3-6-4;1-3(2)4(6)5(7)8/h1-5,8H,6,10H2,(H,11,12);4,6H,1-3H2,(H,7,8);3-4H,6H2,1-2H3,(H,7,8). The molecule has 8 N–H and O–H groups in total. The van der Waals surface area contributed by atoms with Crippen LogP contribution in [0.4, 0.5) is 0 Å². The van der Waals surface area contributed by atoms with E-state index < -0.39 is 30.0 Å². The van der Waals surface area contributed by atoms with Crippen molar-refractivity contribution in [1.29, 1.82) is 0 Å². The summed E-state index contributed by atoms with van der Waals surface area (Å²) in [6, 6.07) is 7.56. The lowest BCUT2D eigenvalue weighted by Gasteiger charge is -2.07. The van der Waals surface area contributed by atoms with Gasteiger partial charge in [-0.25, -0.2) is 0 Å². The number of rotatable bonds is 6. The monoisotopic (exact) mass is 397 g/mol. The molecule has 1 aromatic carbocycles. The number of nitrogens with one attached hydrogen (secondary N) is 1. The predicted molar refractivity (Wildman–Crippen MR) is 105 cm³/mol. The van der Waals surface area contributed by atoms with Crippen molar-refractivity contribution in [2.45, 2.75) is 51.2 Å². The first-order chi connectivity index (χ1) is 13.1. The largest absolute Gasteiger partial charge is 0.480 e. The number of hydrogen-bond donors (Lipinski definition) is 6. The number of hydrogen-bond acceptors (Lipinski definition) is 6. The first kappa shape index (κ1) is 25.5. The average Bonchev–Trinajstić information content (AvgIpc) is 3.17. The fourth-order valence-electron chi connectivity index (χ4n) is 2.14. The Hall–Kier alpha value is -2.49. The van der Waals surface area contributed by atoms with Crippen molar-refractivity contribution in [1.82, 2.24) is 5.32 Å². The fraction of sp³-hybridized carbons (Fsp3) is 0.526. The molecule has 0 aliphatic carbocycles. The highest BCUT2D eigenvalue weighted by molar-refractivity contribution is 5.74. The zero-order valence-corrected chi connectivity index (χ0v) is 16.2. The quantitative estimate of drug-likeness (QED) is 0.399. The molecule has 1 aliphatic heterocycles. The molecule has 9 nitrogen and oxygen atoms in total. The summed E-state index contributed by atoms with van der Waals surface area (Å²) in [5, 5.41) is 28.0. The van der Waals surface area contributed by atoms with Crippen molar-refractivity contribution >= 4 is 17.9 Å². The lowest BCUT2D eigenvalue weighted by molar-refractivity contribution is -0.140. The molecule has 1 heterocycles. The Kier molecular flexibility index (Phi) is 12.4. The second-order valence-electron chi connectivity index (χ2n) is 6.73. The molecule has 28 heavy (non-hydrogen) atoms. The molecule has 0 spiro atoms. The van der Waals surface area contributed by atoms with Gasteiger partial charge in [0.1, 0.15) is 18.1 Å². The van der Waals surface area contributed by atoms with Crippen LogP contribution in [0.1, 0.15) is 32.3 Å². The van der Waals surface area contributed by atoms with E-state index in [1.54, 1.807) is 13.8 Å². The minimum atomic E-state index is -0.959. The highest BCUT2D eigenvalue weighted by atomic mass is 16.4. The average molecular weight is 397 g/mol. The predicted octanol–water partition coefficient (Wildman–Crippen LogP) is 0.518. The SMILES string of the molecule is CC(C)C(N)C(=O)O.NC(Cc1ccccc1)C(=O)O.O=C(O)C1CCCN1. The third kappa shape index (κ3) is 11.3. The van der Waals surface area contributed by atoms with E-state index in [4.69, 9.17) is 26.8 Å². The number of carboxylic acids is 3. The minimum absolute atomic E-state index is 0.0208. The Morgan fingerprint density at radius 2 is 1.64 bits per heavy atom. The van der Waals surface area contributed by atoms with E-state index in [9.17, 15) is 14.4 Å². The smallest absolute Gasteiger partial charge is 0.320 e. The highest BCUT2D eigenvalue weighted by Crippen LogP contribution is 2.03. The van der Waals surface area contributed by atoms with Gasteiger partial charge in [-0.15, -0.1) is 0 Å². The van der Waals surface area contributed by atoms with Crippen LogP contribution >= 0.6 is 0 Å². The molecule has 3 unspecified atom stereocenters. The molecule has 1 fully saturated rings. The first-order valence-corrected chi connectivity index (χ1v) is 9.03. The molecule has 0 radical (unpaired) electrons. The van der Waals surface area contributed by atoms with E-state index in [0.29, 0.717) is 6.42 Å². The zero-order chi connectivity index (χ0) is 21.7. The molecule has 0 amide bonds. The van der Waals surface area contributed by atoms with E-state index in [1.165, 1.54) is 0 Å². The van der Waals surface area contributed by atoms with Crippen LogP contribution in [0, 0.1) is 5.92 Å². The molecule has 1 aliphatic rings. The summed E-state index contributed by atoms with van der Waals surface area (Å²) in [4.78, 5) is 30.5. The van der Waals surface area contributed by atoms with E-state index in [1.807, 2.05) is 30.3 Å². The number of carbonyl (C=O) groups is 3. The number of benzene rings is 1. The van der Waals surface area contributed by atoms with Gasteiger partial charge in [0.2, 0.25) is 0 Å². The van der Waals surface area contributed by atoms with Gasteiger partial charge in [-0.05, 0) is 37.3 Å². The van der Waals surface area contributed by atoms with Crippen LogP contribution in [0.3, 0.4) is 0 Å². The van der Waals surface area contributed by atoms with Gasteiger partial charge in [-0.2, -0.15) is 0 Å². The highest BCUT2D eigenvalue weighted by Gasteiger charge is 2.20. The maximum atomic E-state index is 10.4. The topological polar surface area (TPSA) is 176 Å². The number of aliphatic carboxylic acids is 3. The fourth-order valence-corrected chi connectivity index (χ4v) is 2.14. The molecular formula is C19H31N3O6. The molecule has 0 saturated carbocycles. The zero-order valence-electron chi connectivity index (χ0n) is 16.2. The van der Waals surface area contributed by atoms with Gasteiger partial charge >= 0.3 is 17.9 Å². The van der Waals surface area contributed by atoms with Crippen molar-refractivity contribution < 1.29 is 29.7 Å². The summed E-state index contributed by atoms with van der Waals surface area (Å²) in [6.07, 6.45) is 2.17. The molecule has 2 rings (SSSR count). The molecule has 3 atom stereocenters. The number of carboxylic acid groups (broad SMARTS) is 3. The first-order valence-electron chi connectivity index (χ1n) is 9.03. The van der Waals surface area contributed by atoms with Crippen LogP contribution in [0.25, 0.3) is 0 Å². The van der Waals surface area contributed by atoms with Crippen LogP contribution < -0.4 is 16.8 Å². The van der Waals surface area contributed by atoms with Crippen molar-refractivity contribution in [3.63, 3.8) is 0 Å². The Morgan fingerprint density at radius 1 is 1.07 bits per heavy atom. The van der Waals surface area contributed by atoms with Gasteiger partial charge in [-0.1, -0.05) is 44.2 Å². The van der Waals surface area contributed by atoms with E-state index >= 15 is 0 Å². The van der Waals surface area contributed by atoms with Crippen molar-refractivity contribution in [2.75, 3.05) is 6.54 Å². The molecule has 1 aromatic rings. The van der Waals surface area contributed by atoms with Gasteiger partial charge in [0.25, 0.3) is 0 Å². The second kappa shape index (κ2) is 13.6. The van der Waals surface area contributed by atoms with E-state index in [2.05, 4.69) is 5.32 Å². The van der Waals surface area contributed by atoms with Crippen LogP contribution in [0.2, 0.25) is 0 Å². The van der Waals surface area contributed by atoms with Gasteiger partial charge < -0.3 is 32.1 Å². The Balaban J connectivity index is 0.000000405. The maximum absolute atomic E-state index is 10.4. The lowest BCUT2D eigenvalue weighted by Crippen LogP contribution is -2.34. The third-order valence-electron chi connectivity index (χ3n) is 3.98. The Labute approximate surface area is 164 Å². The summed E-state index contributed by atoms with van der Waals surface area (Å²) in [6.45, 7) is 4.41. The number of nitrogens with two attached hydrogens (primary N) is 2. The van der Waals surface area contributed by atoms with Crippen molar-refractivity contribution in [3.05, 3.63) is 35.9 Å². The van der Waals surface area contributed by atoms with Crippen molar-refractivity contribution in [3.8, 4) is 0 Å². The van der Waals surface area contributed by atoms with E-state index in [0.717, 1.165) is 24.9 Å². The van der Waals surface area contributed by atoms with Gasteiger partial charge in [0.05, 0.1) is 0 Å². The molecule has 9 heteroatoms. The molecular weight excluding hydrogens is 366 g/mol. The van der Waals surface area contributed by atoms with Gasteiger partial charge in [0.15, 0.2) is 0 Å². The maximum Gasteiger partial charge on any atom is 0.320 e. The van der Waals surface area contributed by atoms with Crippen molar-refractivity contribution in [2.24, 2.45) is 17.4 Å².